The molecule has 102 valence electrons. The number of hydrogen-bond acceptors (Lipinski definition) is 3. The molecule has 1 N–H and O–H groups in total. The van der Waals surface area contributed by atoms with Crippen LogP contribution in [-0.4, -0.2) is 36.3 Å². The topological polar surface area (TPSA) is 38.3 Å². The van der Waals surface area contributed by atoms with Crippen molar-refractivity contribution in [1.29, 1.82) is 0 Å². The molecule has 1 rings (SSSR count). The minimum atomic E-state index is -0.857. The highest BCUT2D eigenvalue weighted by molar-refractivity contribution is 7.84. The molecule has 0 aliphatic heterocycles. The number of nitrogens with one attached hydrogen (secondary N) is 1. The van der Waals surface area contributed by atoms with Gasteiger partial charge >= 0.3 is 0 Å². The summed E-state index contributed by atoms with van der Waals surface area (Å²) in [4.78, 5) is 0. The fourth-order valence-corrected chi connectivity index (χ4v) is 3.34. The molecule has 2 unspecified atom stereocenters. The van der Waals surface area contributed by atoms with Crippen molar-refractivity contribution in [3.8, 4) is 0 Å². The van der Waals surface area contributed by atoms with Crippen LogP contribution in [-0.2, 0) is 21.3 Å². The number of hydrogen-bond donors (Lipinski definition) is 1. The van der Waals surface area contributed by atoms with Gasteiger partial charge in [-0.1, -0.05) is 31.2 Å². The van der Waals surface area contributed by atoms with E-state index >= 15 is 0 Å². The van der Waals surface area contributed by atoms with Crippen LogP contribution in [0.15, 0.2) is 24.3 Å². The van der Waals surface area contributed by atoms with Crippen LogP contribution in [0.3, 0.4) is 0 Å². The Labute approximate surface area is 112 Å². The summed E-state index contributed by atoms with van der Waals surface area (Å²) in [6.45, 7) is 5.58. The van der Waals surface area contributed by atoms with Gasteiger partial charge in [0, 0.05) is 35.5 Å². The Bertz CT molecular complexity index is 376. The summed E-state index contributed by atoms with van der Waals surface area (Å²) in [7, 11) is 0.818. The molecule has 1 aromatic rings. The molecule has 18 heavy (non-hydrogen) atoms. The Balaban J connectivity index is 2.52. The van der Waals surface area contributed by atoms with Gasteiger partial charge in [-0.15, -0.1) is 0 Å². The van der Waals surface area contributed by atoms with Crippen molar-refractivity contribution < 1.29 is 8.95 Å². The van der Waals surface area contributed by atoms with Crippen LogP contribution in [0.1, 0.15) is 18.1 Å². The molecule has 2 atom stereocenters. The van der Waals surface area contributed by atoms with Crippen LogP contribution < -0.4 is 5.32 Å². The van der Waals surface area contributed by atoms with E-state index in [1.54, 1.807) is 7.11 Å². The molecular formula is C14H23NO2S. The van der Waals surface area contributed by atoms with E-state index < -0.39 is 10.8 Å². The molecule has 1 aromatic carbocycles. The van der Waals surface area contributed by atoms with Crippen molar-refractivity contribution in [2.24, 2.45) is 0 Å². The highest BCUT2D eigenvalue weighted by atomic mass is 32.2. The maximum absolute atomic E-state index is 12.1. The van der Waals surface area contributed by atoms with E-state index in [1.807, 2.05) is 25.1 Å². The van der Waals surface area contributed by atoms with E-state index in [2.05, 4.69) is 18.3 Å². The second kappa shape index (κ2) is 8.40. The zero-order valence-corrected chi connectivity index (χ0v) is 12.3. The van der Waals surface area contributed by atoms with Crippen molar-refractivity contribution in [2.45, 2.75) is 25.6 Å². The van der Waals surface area contributed by atoms with Gasteiger partial charge in [-0.3, -0.25) is 4.21 Å². The molecule has 0 fully saturated rings. The molecule has 0 aromatic heterocycles. The van der Waals surface area contributed by atoms with Crippen molar-refractivity contribution >= 4 is 10.8 Å². The van der Waals surface area contributed by atoms with Gasteiger partial charge in [-0.25, -0.2) is 0 Å². The fourth-order valence-electron chi connectivity index (χ4n) is 1.88. The lowest BCUT2D eigenvalue weighted by Crippen LogP contribution is -2.37. The molecular weight excluding hydrogens is 246 g/mol. The SMILES string of the molecule is CCNC(COC)CS(=O)Cc1ccccc1C. The van der Waals surface area contributed by atoms with Crippen molar-refractivity contribution in [1.82, 2.24) is 5.32 Å². The Kier molecular flexibility index (Phi) is 7.16. The average molecular weight is 269 g/mol. The Morgan fingerprint density at radius 1 is 1.39 bits per heavy atom. The van der Waals surface area contributed by atoms with Crippen LogP contribution in [0, 0.1) is 6.92 Å². The number of ether oxygens (including phenoxy) is 1. The predicted octanol–water partition coefficient (Wildman–Crippen LogP) is 1.87. The van der Waals surface area contributed by atoms with Gasteiger partial charge in [-0.2, -0.15) is 0 Å². The normalized spacial score (nSPS) is 14.4. The lowest BCUT2D eigenvalue weighted by Gasteiger charge is -2.16. The third-order valence-corrected chi connectivity index (χ3v) is 4.23. The quantitative estimate of drug-likeness (QED) is 0.783. The molecule has 0 spiro atoms. The first-order chi connectivity index (χ1) is 8.67. The smallest absolute Gasteiger partial charge is 0.0624 e. The summed E-state index contributed by atoms with van der Waals surface area (Å²) in [5.41, 5.74) is 2.38. The lowest BCUT2D eigenvalue weighted by atomic mass is 10.1. The second-order valence-electron chi connectivity index (χ2n) is 4.39. The molecule has 4 heteroatoms. The molecule has 0 heterocycles. The number of benzene rings is 1. The molecule has 0 amide bonds. The zero-order valence-electron chi connectivity index (χ0n) is 11.4. The summed E-state index contributed by atoms with van der Waals surface area (Å²) >= 11 is 0. The summed E-state index contributed by atoms with van der Waals surface area (Å²) in [5.74, 6) is 1.26. The van der Waals surface area contributed by atoms with Gasteiger partial charge in [0.1, 0.15) is 0 Å². The van der Waals surface area contributed by atoms with Gasteiger partial charge in [-0.05, 0) is 24.6 Å². The number of likely N-dealkylation sites (N-methyl/N-ethyl adjacent to an activating group) is 1. The van der Waals surface area contributed by atoms with Gasteiger partial charge in [0.15, 0.2) is 0 Å². The van der Waals surface area contributed by atoms with Crippen LogP contribution in [0.5, 0.6) is 0 Å². The Morgan fingerprint density at radius 2 is 2.11 bits per heavy atom. The molecule has 0 radical (unpaired) electrons. The van der Waals surface area contributed by atoms with Crippen molar-refractivity contribution in [3.63, 3.8) is 0 Å². The molecule has 3 nitrogen and oxygen atoms in total. The van der Waals surface area contributed by atoms with Crippen LogP contribution in [0.25, 0.3) is 0 Å². The van der Waals surface area contributed by atoms with E-state index in [0.29, 0.717) is 18.1 Å². The van der Waals surface area contributed by atoms with Crippen molar-refractivity contribution in [3.05, 3.63) is 35.4 Å². The fraction of sp³-hybridized carbons (Fsp3) is 0.571. The highest BCUT2D eigenvalue weighted by Gasteiger charge is 2.12. The monoisotopic (exact) mass is 269 g/mol. The maximum Gasteiger partial charge on any atom is 0.0624 e. The molecule has 0 saturated heterocycles. The summed E-state index contributed by atoms with van der Waals surface area (Å²) in [6, 6.07) is 8.28. The van der Waals surface area contributed by atoms with E-state index in [4.69, 9.17) is 4.74 Å². The number of aryl methyl sites for hydroxylation is 1. The minimum Gasteiger partial charge on any atom is -0.383 e. The molecule has 0 bridgehead atoms. The van der Waals surface area contributed by atoms with Crippen LogP contribution in [0.2, 0.25) is 0 Å². The van der Waals surface area contributed by atoms with Gasteiger partial charge in [0.2, 0.25) is 0 Å². The maximum atomic E-state index is 12.1. The van der Waals surface area contributed by atoms with E-state index in [0.717, 1.165) is 6.54 Å². The molecule has 0 saturated carbocycles. The summed E-state index contributed by atoms with van der Waals surface area (Å²) < 4.78 is 17.3. The van der Waals surface area contributed by atoms with Crippen molar-refractivity contribution in [2.75, 3.05) is 26.0 Å². The van der Waals surface area contributed by atoms with E-state index in [9.17, 15) is 4.21 Å². The summed E-state index contributed by atoms with van der Waals surface area (Å²) in [5, 5.41) is 3.30. The van der Waals surface area contributed by atoms with Gasteiger partial charge in [0.25, 0.3) is 0 Å². The van der Waals surface area contributed by atoms with Gasteiger partial charge < -0.3 is 10.1 Å². The number of rotatable bonds is 8. The first-order valence-electron chi connectivity index (χ1n) is 6.29. The standard InChI is InChI=1S/C14H23NO2S/c1-4-15-14(9-17-3)11-18(16)10-13-8-6-5-7-12(13)2/h5-8,14-15H,4,9-11H2,1-3H3. The third kappa shape index (κ3) is 5.29. The predicted molar refractivity (Wildman–Crippen MR) is 77.2 cm³/mol. The molecule has 0 aliphatic carbocycles. The van der Waals surface area contributed by atoms with Gasteiger partial charge in [0.05, 0.1) is 6.61 Å². The second-order valence-corrected chi connectivity index (χ2v) is 5.89. The van der Waals surface area contributed by atoms with E-state index in [1.165, 1.54) is 11.1 Å². The van der Waals surface area contributed by atoms with Crippen LogP contribution >= 0.6 is 0 Å². The third-order valence-electron chi connectivity index (χ3n) is 2.83. The molecule has 0 aliphatic rings. The first-order valence-corrected chi connectivity index (χ1v) is 7.78. The number of methoxy groups -OCH3 is 1. The highest BCUT2D eigenvalue weighted by Crippen LogP contribution is 2.10. The first kappa shape index (κ1) is 15.3. The zero-order chi connectivity index (χ0) is 13.4. The minimum absolute atomic E-state index is 0.171. The summed E-state index contributed by atoms with van der Waals surface area (Å²) in [6.07, 6.45) is 0. The largest absolute Gasteiger partial charge is 0.383 e. The average Bonchev–Trinajstić information content (AvgIpc) is 2.33. The Morgan fingerprint density at radius 3 is 2.72 bits per heavy atom. The van der Waals surface area contributed by atoms with E-state index in [-0.39, 0.29) is 6.04 Å². The Hall–Kier alpha value is -0.710. The lowest BCUT2D eigenvalue weighted by molar-refractivity contribution is 0.174. The van der Waals surface area contributed by atoms with Crippen LogP contribution in [0.4, 0.5) is 0 Å².